The van der Waals surface area contributed by atoms with Gasteiger partial charge in [-0.15, -0.1) is 0 Å². The Morgan fingerprint density at radius 1 is 1.37 bits per heavy atom. The number of halogens is 1. The van der Waals surface area contributed by atoms with E-state index in [0.717, 1.165) is 6.54 Å². The number of nitro groups is 1. The van der Waals surface area contributed by atoms with Gasteiger partial charge in [-0.1, -0.05) is 36.9 Å². The lowest BCUT2D eigenvalue weighted by atomic mass is 9.89. The highest BCUT2D eigenvalue weighted by molar-refractivity contribution is 6.33. The Morgan fingerprint density at radius 2 is 2.05 bits per heavy atom. The Kier molecular flexibility index (Phi) is 4.64. The van der Waals surface area contributed by atoms with Crippen LogP contribution in [-0.2, 0) is 0 Å². The van der Waals surface area contributed by atoms with Crippen molar-refractivity contribution in [2.45, 2.75) is 32.1 Å². The Balaban J connectivity index is 2.16. The number of nitro benzene ring substituents is 1. The van der Waals surface area contributed by atoms with Crippen LogP contribution in [0.2, 0.25) is 5.02 Å². The molecule has 0 saturated heterocycles. The van der Waals surface area contributed by atoms with E-state index in [-0.39, 0.29) is 10.7 Å². The van der Waals surface area contributed by atoms with Crippen molar-refractivity contribution in [1.29, 1.82) is 0 Å². The van der Waals surface area contributed by atoms with Gasteiger partial charge < -0.3 is 4.90 Å². The number of anilines is 1. The molecule has 1 aliphatic carbocycles. The zero-order valence-corrected chi connectivity index (χ0v) is 11.9. The molecule has 0 spiro atoms. The van der Waals surface area contributed by atoms with Gasteiger partial charge in [0, 0.05) is 13.6 Å². The van der Waals surface area contributed by atoms with Gasteiger partial charge in [0.15, 0.2) is 0 Å². The van der Waals surface area contributed by atoms with Gasteiger partial charge in [-0.05, 0) is 30.9 Å². The van der Waals surface area contributed by atoms with Gasteiger partial charge in [0.1, 0.15) is 10.7 Å². The predicted molar refractivity (Wildman–Crippen MR) is 78.0 cm³/mol. The van der Waals surface area contributed by atoms with Gasteiger partial charge in [-0.3, -0.25) is 10.1 Å². The third-order valence-corrected chi connectivity index (χ3v) is 4.12. The molecule has 0 amide bonds. The van der Waals surface area contributed by atoms with Gasteiger partial charge >= 0.3 is 5.69 Å². The maximum absolute atomic E-state index is 11.1. The van der Waals surface area contributed by atoms with Crippen molar-refractivity contribution < 1.29 is 4.92 Å². The molecule has 0 N–H and O–H groups in total. The number of para-hydroxylation sites is 1. The van der Waals surface area contributed by atoms with Crippen molar-refractivity contribution in [2.24, 2.45) is 5.92 Å². The average molecular weight is 283 g/mol. The molecule has 1 fully saturated rings. The summed E-state index contributed by atoms with van der Waals surface area (Å²) >= 11 is 5.94. The molecule has 1 aromatic carbocycles. The van der Waals surface area contributed by atoms with E-state index in [4.69, 9.17) is 11.6 Å². The summed E-state index contributed by atoms with van der Waals surface area (Å²) in [5, 5.41) is 11.3. The first kappa shape index (κ1) is 14.1. The monoisotopic (exact) mass is 282 g/mol. The van der Waals surface area contributed by atoms with Crippen LogP contribution in [-0.4, -0.2) is 18.5 Å². The molecule has 5 heteroatoms. The number of nitrogens with zero attached hydrogens (tertiary/aromatic N) is 2. The van der Waals surface area contributed by atoms with Crippen molar-refractivity contribution in [3.8, 4) is 0 Å². The molecule has 0 radical (unpaired) electrons. The minimum Gasteiger partial charge on any atom is -0.369 e. The second kappa shape index (κ2) is 6.24. The summed E-state index contributed by atoms with van der Waals surface area (Å²) in [5.41, 5.74) is 0.630. The lowest BCUT2D eigenvalue weighted by Crippen LogP contribution is -2.27. The molecule has 1 aromatic rings. The Bertz CT molecular complexity index is 459. The van der Waals surface area contributed by atoms with Crippen LogP contribution in [0.4, 0.5) is 11.4 Å². The van der Waals surface area contributed by atoms with E-state index in [0.29, 0.717) is 11.6 Å². The zero-order chi connectivity index (χ0) is 13.8. The van der Waals surface area contributed by atoms with E-state index in [1.807, 2.05) is 11.9 Å². The Morgan fingerprint density at radius 3 is 2.68 bits per heavy atom. The molecule has 19 heavy (non-hydrogen) atoms. The van der Waals surface area contributed by atoms with Gasteiger partial charge in [0.05, 0.1) is 4.92 Å². The lowest BCUT2D eigenvalue weighted by Gasteiger charge is -2.28. The van der Waals surface area contributed by atoms with Crippen LogP contribution < -0.4 is 4.90 Å². The minimum absolute atomic E-state index is 0.0162. The summed E-state index contributed by atoms with van der Waals surface area (Å²) < 4.78 is 0. The van der Waals surface area contributed by atoms with Crippen molar-refractivity contribution in [3.05, 3.63) is 33.3 Å². The van der Waals surface area contributed by atoms with E-state index >= 15 is 0 Å². The van der Waals surface area contributed by atoms with E-state index in [1.165, 1.54) is 32.1 Å². The molecule has 0 heterocycles. The number of benzene rings is 1. The standard InChI is InChI=1S/C14H19ClN2O2/c1-16(10-11-6-3-2-4-7-11)13-9-5-8-12(15)14(13)17(18)19/h5,8-9,11H,2-4,6-7,10H2,1H3. The first-order valence-corrected chi connectivity index (χ1v) is 7.11. The maximum atomic E-state index is 11.1. The van der Waals surface area contributed by atoms with Crippen LogP contribution in [0.3, 0.4) is 0 Å². The summed E-state index contributed by atoms with van der Waals surface area (Å²) in [7, 11) is 1.91. The summed E-state index contributed by atoms with van der Waals surface area (Å²) in [6, 6.07) is 5.10. The van der Waals surface area contributed by atoms with Crippen LogP contribution in [0.1, 0.15) is 32.1 Å². The first-order chi connectivity index (χ1) is 9.09. The van der Waals surface area contributed by atoms with Crippen molar-refractivity contribution >= 4 is 23.0 Å². The van der Waals surface area contributed by atoms with Crippen LogP contribution in [0, 0.1) is 16.0 Å². The molecule has 2 rings (SSSR count). The number of hydrogen-bond acceptors (Lipinski definition) is 3. The minimum atomic E-state index is -0.394. The smallest absolute Gasteiger partial charge is 0.310 e. The summed E-state index contributed by atoms with van der Waals surface area (Å²) in [6.07, 6.45) is 6.31. The molecule has 0 bridgehead atoms. The fraction of sp³-hybridized carbons (Fsp3) is 0.571. The van der Waals surface area contributed by atoms with Crippen LogP contribution in [0.25, 0.3) is 0 Å². The fourth-order valence-corrected chi connectivity index (χ4v) is 3.09. The molecule has 104 valence electrons. The second-order valence-electron chi connectivity index (χ2n) is 5.25. The SMILES string of the molecule is CN(CC1CCCCC1)c1cccc(Cl)c1[N+](=O)[O-]. The third-order valence-electron chi connectivity index (χ3n) is 3.82. The molecule has 0 unspecified atom stereocenters. The van der Waals surface area contributed by atoms with E-state index in [2.05, 4.69) is 0 Å². The molecule has 0 atom stereocenters. The van der Waals surface area contributed by atoms with Crippen LogP contribution in [0.15, 0.2) is 18.2 Å². The van der Waals surface area contributed by atoms with Gasteiger partial charge in [-0.2, -0.15) is 0 Å². The van der Waals surface area contributed by atoms with E-state index in [9.17, 15) is 10.1 Å². The molecule has 0 aromatic heterocycles. The summed E-state index contributed by atoms with van der Waals surface area (Å²) in [5.74, 6) is 0.636. The molecule has 1 aliphatic rings. The quantitative estimate of drug-likeness (QED) is 0.612. The predicted octanol–water partition coefficient (Wildman–Crippen LogP) is 4.26. The zero-order valence-electron chi connectivity index (χ0n) is 11.1. The largest absolute Gasteiger partial charge is 0.369 e. The number of rotatable bonds is 4. The topological polar surface area (TPSA) is 46.4 Å². The molecular formula is C14H19ClN2O2. The maximum Gasteiger partial charge on any atom is 0.310 e. The fourth-order valence-electron chi connectivity index (χ4n) is 2.85. The van der Waals surface area contributed by atoms with E-state index < -0.39 is 4.92 Å². The second-order valence-corrected chi connectivity index (χ2v) is 5.66. The highest BCUT2D eigenvalue weighted by Gasteiger charge is 2.23. The third kappa shape index (κ3) is 3.38. The first-order valence-electron chi connectivity index (χ1n) is 6.73. The van der Waals surface area contributed by atoms with Crippen molar-refractivity contribution in [2.75, 3.05) is 18.5 Å². The van der Waals surface area contributed by atoms with Gasteiger partial charge in [0.25, 0.3) is 0 Å². The Labute approximate surface area is 118 Å². The highest BCUT2D eigenvalue weighted by atomic mass is 35.5. The molecular weight excluding hydrogens is 264 g/mol. The average Bonchev–Trinajstić information content (AvgIpc) is 2.39. The van der Waals surface area contributed by atoms with E-state index in [1.54, 1.807) is 18.2 Å². The molecule has 4 nitrogen and oxygen atoms in total. The highest BCUT2D eigenvalue weighted by Crippen LogP contribution is 2.35. The number of hydrogen-bond donors (Lipinski definition) is 0. The van der Waals surface area contributed by atoms with Crippen LogP contribution >= 0.6 is 11.6 Å². The summed E-state index contributed by atoms with van der Waals surface area (Å²) in [4.78, 5) is 12.7. The van der Waals surface area contributed by atoms with Crippen molar-refractivity contribution in [3.63, 3.8) is 0 Å². The van der Waals surface area contributed by atoms with Crippen LogP contribution in [0.5, 0.6) is 0 Å². The lowest BCUT2D eigenvalue weighted by molar-refractivity contribution is -0.384. The summed E-state index contributed by atoms with van der Waals surface area (Å²) in [6.45, 7) is 0.862. The van der Waals surface area contributed by atoms with Gasteiger partial charge in [-0.25, -0.2) is 0 Å². The molecule has 0 aliphatic heterocycles. The Hall–Kier alpha value is -1.29. The van der Waals surface area contributed by atoms with Gasteiger partial charge in [0.2, 0.25) is 0 Å². The normalized spacial score (nSPS) is 16.3. The van der Waals surface area contributed by atoms with Crippen molar-refractivity contribution in [1.82, 2.24) is 0 Å². The molecule has 1 saturated carbocycles.